The Morgan fingerprint density at radius 1 is 0.762 bits per heavy atom. The number of para-hydroxylation sites is 4. The van der Waals surface area contributed by atoms with Gasteiger partial charge in [0.15, 0.2) is 6.67 Å². The Hall–Kier alpha value is -2.62. The van der Waals surface area contributed by atoms with E-state index in [2.05, 4.69) is 70.3 Å². The molecule has 0 atom stereocenters. The highest BCUT2D eigenvalue weighted by atomic mass is 15.2. The van der Waals surface area contributed by atoms with Gasteiger partial charge in [-0.2, -0.15) is 0 Å². The van der Waals surface area contributed by atoms with Crippen molar-refractivity contribution in [3.63, 3.8) is 0 Å². The van der Waals surface area contributed by atoms with Crippen LogP contribution in [0.3, 0.4) is 0 Å². The molecule has 4 rings (SSSR count). The fourth-order valence-electron chi connectivity index (χ4n) is 2.89. The van der Waals surface area contributed by atoms with Gasteiger partial charge in [0, 0.05) is 22.1 Å². The van der Waals surface area contributed by atoms with Crippen LogP contribution in [0.4, 0.5) is 0 Å². The second-order valence-electron chi connectivity index (χ2n) is 5.29. The summed E-state index contributed by atoms with van der Waals surface area (Å²) in [4.78, 5) is 0. The molecule has 2 aromatic carbocycles. The molecule has 4 nitrogen and oxygen atoms in total. The molecule has 0 fully saturated rings. The van der Waals surface area contributed by atoms with Crippen molar-refractivity contribution in [1.29, 1.82) is 0 Å². The van der Waals surface area contributed by atoms with Crippen molar-refractivity contribution in [2.75, 3.05) is 0 Å². The molecule has 0 unspecified atom stereocenters. The number of benzene rings is 2. The molecule has 0 amide bonds. The van der Waals surface area contributed by atoms with Gasteiger partial charge in [0.1, 0.15) is 0 Å². The second-order valence-corrected chi connectivity index (χ2v) is 5.29. The van der Waals surface area contributed by atoms with E-state index in [-0.39, 0.29) is 0 Å². The van der Waals surface area contributed by atoms with Gasteiger partial charge < -0.3 is 18.3 Å². The first-order valence-corrected chi connectivity index (χ1v) is 6.97. The van der Waals surface area contributed by atoms with Gasteiger partial charge in [-0.05, 0) is 0 Å². The second kappa shape index (κ2) is 4.45. The topological polar surface area (TPSA) is 17.6 Å². The van der Waals surface area contributed by atoms with Gasteiger partial charge in [0.25, 0.3) is 0 Å². The third-order valence-corrected chi connectivity index (χ3v) is 3.89. The van der Waals surface area contributed by atoms with Crippen LogP contribution in [-0.2, 0) is 20.8 Å². The summed E-state index contributed by atoms with van der Waals surface area (Å²) in [7, 11) is 4.05. The molecule has 4 heteroatoms. The van der Waals surface area contributed by atoms with Gasteiger partial charge in [0.05, 0.1) is 14.1 Å². The van der Waals surface area contributed by atoms with Gasteiger partial charge in [0.2, 0.25) is 12.7 Å². The molecule has 104 valence electrons. The normalized spacial score (nSPS) is 11.5. The number of hydrogen-bond donors (Lipinski definition) is 0. The molecule has 0 spiro atoms. The van der Waals surface area contributed by atoms with Crippen molar-refractivity contribution in [2.45, 2.75) is 6.67 Å². The molecule has 0 saturated carbocycles. The van der Waals surface area contributed by atoms with E-state index in [9.17, 15) is 0 Å². The molecule has 0 bridgehead atoms. The minimum absolute atomic E-state index is 0.697. The quantitative estimate of drug-likeness (QED) is 0.388. The molecule has 0 aliphatic carbocycles. The number of fused-ring (bicyclic) bond motifs is 2. The Bertz CT molecular complexity index is 868. The highest BCUT2D eigenvalue weighted by Gasteiger charge is 2.08. The predicted molar refractivity (Wildman–Crippen MR) is 79.3 cm³/mol. The fourth-order valence-corrected chi connectivity index (χ4v) is 2.89. The maximum atomic E-state index is 3.36. The highest BCUT2D eigenvalue weighted by Crippen LogP contribution is 2.13. The van der Waals surface area contributed by atoms with Crippen molar-refractivity contribution in [3.05, 3.63) is 61.2 Å². The van der Waals surface area contributed by atoms with Gasteiger partial charge in [-0.25, -0.2) is 0 Å². The van der Waals surface area contributed by atoms with Crippen molar-refractivity contribution < 1.29 is 9.13 Å². The minimum atomic E-state index is 0.697. The van der Waals surface area contributed by atoms with Gasteiger partial charge in [-0.1, -0.05) is 48.5 Å². The monoisotopic (exact) mass is 276 g/mol. The van der Waals surface area contributed by atoms with Crippen molar-refractivity contribution in [3.8, 4) is 0 Å². The van der Waals surface area contributed by atoms with E-state index in [1.165, 1.54) is 22.1 Å². The Labute approximate surface area is 123 Å². The molecular weight excluding hydrogens is 260 g/mol. The van der Waals surface area contributed by atoms with E-state index >= 15 is 0 Å². The van der Waals surface area contributed by atoms with Crippen LogP contribution in [-0.4, -0.2) is 9.13 Å². The zero-order chi connectivity index (χ0) is 14.4. The standard InChI is InChI=1S/C17H16N4/c1-18-11-20(16-9-5-3-7-14(16)18)13-21-12-19(2)15-8-4-6-10-17(15)21/h3-10H,13H2,1-2H3. The zero-order valence-electron chi connectivity index (χ0n) is 12.1. The van der Waals surface area contributed by atoms with E-state index in [0.717, 1.165) is 0 Å². The maximum absolute atomic E-state index is 3.36. The van der Waals surface area contributed by atoms with E-state index in [0.29, 0.717) is 6.67 Å². The summed E-state index contributed by atoms with van der Waals surface area (Å²) in [6, 6.07) is 16.7. The van der Waals surface area contributed by atoms with E-state index < -0.39 is 0 Å². The first-order chi connectivity index (χ1) is 10.2. The lowest BCUT2D eigenvalue weighted by molar-refractivity contribution is -0.651. The molecule has 0 saturated heterocycles. The highest BCUT2D eigenvalue weighted by molar-refractivity contribution is 5.73. The Kier molecular flexibility index (Phi) is 2.57. The van der Waals surface area contributed by atoms with Crippen LogP contribution in [0.1, 0.15) is 0 Å². The summed E-state index contributed by atoms with van der Waals surface area (Å²) in [5, 5.41) is 0. The third kappa shape index (κ3) is 1.83. The molecule has 2 heterocycles. The number of aryl methyl sites for hydroxylation is 2. The van der Waals surface area contributed by atoms with Crippen molar-refractivity contribution in [2.24, 2.45) is 14.1 Å². The van der Waals surface area contributed by atoms with Crippen LogP contribution >= 0.6 is 0 Å². The van der Waals surface area contributed by atoms with Crippen LogP contribution in [0.15, 0.2) is 48.5 Å². The van der Waals surface area contributed by atoms with Crippen molar-refractivity contribution >= 4 is 22.1 Å². The first-order valence-electron chi connectivity index (χ1n) is 6.97. The molecule has 21 heavy (non-hydrogen) atoms. The summed E-state index contributed by atoms with van der Waals surface area (Å²) < 4.78 is 8.30. The molecule has 0 N–H and O–H groups in total. The average molecular weight is 276 g/mol. The Morgan fingerprint density at radius 2 is 1.19 bits per heavy atom. The maximum Gasteiger partial charge on any atom is 0.207 e. The molecule has 4 aromatic rings. The average Bonchev–Trinajstić information content (AvgIpc) is 3.00. The van der Waals surface area contributed by atoms with Crippen LogP contribution in [0.25, 0.3) is 22.1 Å². The minimum Gasteiger partial charge on any atom is -0.347 e. The SMILES string of the molecule is C[n+]1[c-]n(Cn2[c-][n+](C)c3ccccc32)c2ccccc21. The Morgan fingerprint density at radius 3 is 1.67 bits per heavy atom. The number of hydrogen-bond acceptors (Lipinski definition) is 0. The van der Waals surface area contributed by atoms with Crippen molar-refractivity contribution in [1.82, 2.24) is 9.13 Å². The van der Waals surface area contributed by atoms with Crippen LogP contribution < -0.4 is 9.13 Å². The largest absolute Gasteiger partial charge is 0.347 e. The lowest BCUT2D eigenvalue weighted by Gasteiger charge is -2.05. The third-order valence-electron chi connectivity index (χ3n) is 3.89. The van der Waals surface area contributed by atoms with Crippen LogP contribution in [0, 0.1) is 12.7 Å². The lowest BCUT2D eigenvalue weighted by atomic mass is 10.3. The number of aromatic nitrogens is 4. The zero-order valence-corrected chi connectivity index (χ0v) is 12.1. The summed E-state index contributed by atoms with van der Waals surface area (Å²) >= 11 is 0. The first kappa shape index (κ1) is 12.1. The molecule has 0 aliphatic rings. The van der Waals surface area contributed by atoms with E-state index in [1.54, 1.807) is 0 Å². The summed E-state index contributed by atoms with van der Waals surface area (Å²) in [6.45, 7) is 0.697. The van der Waals surface area contributed by atoms with Crippen LogP contribution in [0.2, 0.25) is 0 Å². The molecule has 2 aromatic heterocycles. The summed E-state index contributed by atoms with van der Waals surface area (Å²) in [5.74, 6) is 0. The van der Waals surface area contributed by atoms with Gasteiger partial charge >= 0.3 is 0 Å². The summed E-state index contributed by atoms with van der Waals surface area (Å²) in [6.07, 6.45) is 6.72. The fraction of sp³-hybridized carbons (Fsp3) is 0.176. The smallest absolute Gasteiger partial charge is 0.207 e. The lowest BCUT2D eigenvalue weighted by Crippen LogP contribution is -2.27. The van der Waals surface area contributed by atoms with Crippen LogP contribution in [0.5, 0.6) is 0 Å². The summed E-state index contributed by atoms with van der Waals surface area (Å²) in [5.41, 5.74) is 4.71. The number of imidazole rings is 2. The molecular formula is C17H16N4. The number of rotatable bonds is 2. The van der Waals surface area contributed by atoms with E-state index in [1.807, 2.05) is 23.2 Å². The molecule has 0 radical (unpaired) electrons. The predicted octanol–water partition coefficient (Wildman–Crippen LogP) is 1.35. The van der Waals surface area contributed by atoms with Gasteiger partial charge in [-0.15, -0.1) is 0 Å². The van der Waals surface area contributed by atoms with Gasteiger partial charge in [-0.3, -0.25) is 0 Å². The Balaban J connectivity index is 1.87. The van der Waals surface area contributed by atoms with E-state index in [4.69, 9.17) is 0 Å². The number of nitrogens with zero attached hydrogens (tertiary/aromatic N) is 4. The molecule has 0 aliphatic heterocycles.